The minimum atomic E-state index is -6.00. The summed E-state index contributed by atoms with van der Waals surface area (Å²) in [4.78, 5) is -1.15. The second-order valence-electron chi connectivity index (χ2n) is 3.69. The number of hydrogen-bond acceptors (Lipinski definition) is 4. The molecule has 0 aliphatic heterocycles. The third kappa shape index (κ3) is 3.71. The van der Waals surface area contributed by atoms with Crippen LogP contribution in [-0.4, -0.2) is 27.4 Å². The van der Waals surface area contributed by atoms with Crippen LogP contribution in [0.5, 0.6) is 0 Å². The van der Waals surface area contributed by atoms with Crippen molar-refractivity contribution in [1.82, 2.24) is 0 Å². The Morgan fingerprint density at radius 2 is 1.05 bits per heavy atom. The Labute approximate surface area is 147 Å². The minimum absolute atomic E-state index is 0.434. The summed E-state index contributed by atoms with van der Waals surface area (Å²) in [6.07, 6.45) is 0. The van der Waals surface area contributed by atoms with E-state index >= 15 is 0 Å². The lowest BCUT2D eigenvalue weighted by Crippen LogP contribution is -2.30. The van der Waals surface area contributed by atoms with Gasteiger partial charge in [-0.05, 0) is 0 Å². The molecule has 0 saturated carbocycles. The van der Waals surface area contributed by atoms with E-state index in [4.69, 9.17) is 58.0 Å². The molecular weight excluding hydrogens is 458 g/mol. The van der Waals surface area contributed by atoms with E-state index < -0.39 is 60.3 Å². The average Bonchev–Trinajstić information content (AvgIpc) is 2.31. The van der Waals surface area contributed by atoms with Gasteiger partial charge in [-0.2, -0.15) is 13.2 Å². The SMILES string of the molecule is O=S(=O)(CS(=O)(=O)C(F)(F)F)c1c(Cl)c(Cl)c(Cl)c(Cl)c1Cl. The Kier molecular flexibility index (Phi) is 5.88. The highest BCUT2D eigenvalue weighted by molar-refractivity contribution is 8.08. The maximum Gasteiger partial charge on any atom is 0.498 e. The monoisotopic (exact) mass is 458 g/mol. The van der Waals surface area contributed by atoms with Gasteiger partial charge < -0.3 is 0 Å². The van der Waals surface area contributed by atoms with Crippen LogP contribution in [0.1, 0.15) is 0 Å². The summed E-state index contributed by atoms with van der Waals surface area (Å²) in [6.45, 7) is 0. The fourth-order valence-electron chi connectivity index (χ4n) is 1.19. The highest BCUT2D eigenvalue weighted by atomic mass is 35.5. The molecule has 0 heterocycles. The fraction of sp³-hybridized carbons (Fsp3) is 0.250. The van der Waals surface area contributed by atoms with Gasteiger partial charge in [0.15, 0.2) is 14.9 Å². The zero-order chi connectivity index (χ0) is 17.7. The molecule has 0 fully saturated rings. The van der Waals surface area contributed by atoms with Gasteiger partial charge in [0, 0.05) is 0 Å². The average molecular weight is 460 g/mol. The number of benzene rings is 1. The molecule has 1 aromatic rings. The van der Waals surface area contributed by atoms with Gasteiger partial charge in [-0.3, -0.25) is 0 Å². The van der Waals surface area contributed by atoms with Crippen LogP contribution >= 0.6 is 58.0 Å². The lowest BCUT2D eigenvalue weighted by molar-refractivity contribution is -0.0431. The second kappa shape index (κ2) is 6.34. The first kappa shape index (κ1) is 20.4. The zero-order valence-electron chi connectivity index (χ0n) is 9.68. The van der Waals surface area contributed by atoms with Gasteiger partial charge in [0.1, 0.15) is 4.90 Å². The predicted octanol–water partition coefficient (Wildman–Crippen LogP) is 4.62. The van der Waals surface area contributed by atoms with Crippen molar-refractivity contribution < 1.29 is 30.0 Å². The van der Waals surface area contributed by atoms with Crippen LogP contribution in [0.25, 0.3) is 0 Å². The molecule has 0 N–H and O–H groups in total. The van der Waals surface area contributed by atoms with Gasteiger partial charge in [-0.25, -0.2) is 16.8 Å². The molecule has 0 radical (unpaired) electrons. The molecule has 22 heavy (non-hydrogen) atoms. The summed E-state index contributed by atoms with van der Waals surface area (Å²) < 4.78 is 82.9. The van der Waals surface area contributed by atoms with Gasteiger partial charge in [-0.15, -0.1) is 0 Å². The number of sulfone groups is 2. The van der Waals surface area contributed by atoms with Crippen LogP contribution in [0.3, 0.4) is 0 Å². The predicted molar refractivity (Wildman–Crippen MR) is 78.5 cm³/mol. The molecule has 0 aliphatic rings. The summed E-state index contributed by atoms with van der Waals surface area (Å²) in [5.74, 6) is 0. The van der Waals surface area contributed by atoms with E-state index in [9.17, 15) is 30.0 Å². The van der Waals surface area contributed by atoms with Crippen molar-refractivity contribution in [1.29, 1.82) is 0 Å². The third-order valence-electron chi connectivity index (χ3n) is 2.14. The number of halogens is 8. The molecule has 0 saturated heterocycles. The van der Waals surface area contributed by atoms with Crippen LogP contribution in [0, 0.1) is 0 Å². The second-order valence-corrected chi connectivity index (χ2v) is 9.85. The standard InChI is InChI=1S/C8H2Cl5F3O4S2/c9-2-3(10)5(12)7(6(13)4(2)11)21(17,18)1-22(19,20)8(14,15)16/h1H2. The summed E-state index contributed by atoms with van der Waals surface area (Å²) in [5.41, 5.74) is -5.78. The van der Waals surface area contributed by atoms with Crippen LogP contribution in [0.4, 0.5) is 13.2 Å². The summed E-state index contributed by atoms with van der Waals surface area (Å²) in [7, 11) is -11.1. The Balaban J connectivity index is 3.64. The van der Waals surface area contributed by atoms with E-state index in [0.29, 0.717) is 0 Å². The number of rotatable bonds is 3. The van der Waals surface area contributed by atoms with Crippen molar-refractivity contribution in [3.8, 4) is 0 Å². The topological polar surface area (TPSA) is 68.3 Å². The van der Waals surface area contributed by atoms with Crippen molar-refractivity contribution in [2.75, 3.05) is 5.08 Å². The van der Waals surface area contributed by atoms with E-state index in [1.165, 1.54) is 0 Å². The summed E-state index contributed by atoms with van der Waals surface area (Å²) in [6, 6.07) is 0. The molecule has 1 rings (SSSR count). The smallest absolute Gasteiger partial charge is 0.223 e. The molecule has 0 amide bonds. The molecular formula is C8H2Cl5F3O4S2. The first-order valence-electron chi connectivity index (χ1n) is 4.66. The van der Waals surface area contributed by atoms with Crippen molar-refractivity contribution in [3.05, 3.63) is 25.1 Å². The van der Waals surface area contributed by atoms with Gasteiger partial charge in [0.05, 0.1) is 25.1 Å². The van der Waals surface area contributed by atoms with Gasteiger partial charge >= 0.3 is 5.51 Å². The summed E-state index contributed by atoms with van der Waals surface area (Å²) in [5, 5.41) is -5.61. The largest absolute Gasteiger partial charge is 0.498 e. The molecule has 1 aromatic carbocycles. The van der Waals surface area contributed by atoms with E-state index in [1.807, 2.05) is 0 Å². The first-order valence-corrected chi connectivity index (χ1v) is 9.86. The van der Waals surface area contributed by atoms with Gasteiger partial charge in [0.25, 0.3) is 9.84 Å². The van der Waals surface area contributed by atoms with E-state index in [-0.39, 0.29) is 0 Å². The molecule has 0 spiro atoms. The highest BCUT2D eigenvalue weighted by Gasteiger charge is 2.49. The number of hydrogen-bond donors (Lipinski definition) is 0. The van der Waals surface area contributed by atoms with Gasteiger partial charge in [-0.1, -0.05) is 58.0 Å². The van der Waals surface area contributed by atoms with Crippen molar-refractivity contribution >= 4 is 77.7 Å². The van der Waals surface area contributed by atoms with Crippen LogP contribution in [0.15, 0.2) is 4.90 Å². The molecule has 4 nitrogen and oxygen atoms in total. The lowest BCUT2D eigenvalue weighted by atomic mass is 10.3. The Morgan fingerprint density at radius 1 is 0.727 bits per heavy atom. The molecule has 0 aliphatic carbocycles. The third-order valence-corrected chi connectivity index (χ3v) is 8.86. The van der Waals surface area contributed by atoms with Crippen molar-refractivity contribution in [2.45, 2.75) is 10.4 Å². The normalized spacial score (nSPS) is 13.5. The fourth-order valence-corrected chi connectivity index (χ4v) is 6.53. The molecule has 0 bridgehead atoms. The lowest BCUT2D eigenvalue weighted by Gasteiger charge is -2.14. The van der Waals surface area contributed by atoms with Crippen molar-refractivity contribution in [3.63, 3.8) is 0 Å². The van der Waals surface area contributed by atoms with Crippen LogP contribution < -0.4 is 0 Å². The maximum absolute atomic E-state index is 12.3. The van der Waals surface area contributed by atoms with Crippen molar-refractivity contribution in [2.24, 2.45) is 0 Å². The maximum atomic E-state index is 12.3. The zero-order valence-corrected chi connectivity index (χ0v) is 15.1. The molecule has 14 heteroatoms. The Bertz CT molecular complexity index is 803. The van der Waals surface area contributed by atoms with E-state index in [1.54, 1.807) is 0 Å². The molecule has 0 atom stereocenters. The molecule has 126 valence electrons. The minimum Gasteiger partial charge on any atom is -0.223 e. The van der Waals surface area contributed by atoms with E-state index in [2.05, 4.69) is 0 Å². The van der Waals surface area contributed by atoms with Gasteiger partial charge in [0.2, 0.25) is 0 Å². The first-order chi connectivity index (χ1) is 9.63. The molecule has 0 aromatic heterocycles. The van der Waals surface area contributed by atoms with Crippen LogP contribution in [0.2, 0.25) is 25.1 Å². The Hall–Kier alpha value is 0.360. The Morgan fingerprint density at radius 3 is 1.36 bits per heavy atom. The number of alkyl halides is 3. The highest BCUT2D eigenvalue weighted by Crippen LogP contribution is 2.46. The summed E-state index contributed by atoms with van der Waals surface area (Å²) >= 11 is 27.9. The molecule has 0 unspecified atom stereocenters. The van der Waals surface area contributed by atoms with E-state index in [0.717, 1.165) is 0 Å². The van der Waals surface area contributed by atoms with Crippen LogP contribution in [-0.2, 0) is 19.7 Å². The quantitative estimate of drug-likeness (QED) is 0.488.